The second-order valence-corrected chi connectivity index (χ2v) is 14.4. The van der Waals surface area contributed by atoms with Gasteiger partial charge < -0.3 is 23.8 Å². The maximum atomic E-state index is 12.3. The molecule has 0 spiro atoms. The van der Waals surface area contributed by atoms with E-state index in [-0.39, 0.29) is 10.6 Å². The van der Waals surface area contributed by atoms with Gasteiger partial charge in [-0.3, -0.25) is 4.79 Å². The van der Waals surface area contributed by atoms with Crippen LogP contribution in [0.25, 0.3) is 0 Å². The summed E-state index contributed by atoms with van der Waals surface area (Å²) in [4.78, 5) is 12.3. The van der Waals surface area contributed by atoms with Crippen LogP contribution in [-0.2, 0) is 11.5 Å². The van der Waals surface area contributed by atoms with E-state index < -0.39 is 8.32 Å². The van der Waals surface area contributed by atoms with Gasteiger partial charge in [0.05, 0.1) is 13.2 Å². The summed E-state index contributed by atoms with van der Waals surface area (Å²) in [5.74, 6) is 1.28. The zero-order chi connectivity index (χ0) is 22.5. The first kappa shape index (κ1) is 24.5. The van der Waals surface area contributed by atoms with Gasteiger partial charge in [0.25, 0.3) is 5.56 Å². The number of halogens is 1. The van der Waals surface area contributed by atoms with E-state index in [2.05, 4.69) is 55.1 Å². The van der Waals surface area contributed by atoms with E-state index in [9.17, 15) is 4.79 Å². The zero-order valence-corrected chi connectivity index (χ0v) is 21.6. The van der Waals surface area contributed by atoms with E-state index in [1.807, 2.05) is 25.1 Å². The molecule has 166 valence electrons. The molecule has 8 heteroatoms. The van der Waals surface area contributed by atoms with Crippen LogP contribution in [0.4, 0.5) is 11.4 Å². The number of pyridine rings is 1. The Morgan fingerprint density at radius 3 is 2.43 bits per heavy atom. The first-order chi connectivity index (χ1) is 13.9. The average Bonchev–Trinajstić information content (AvgIpc) is 2.63. The van der Waals surface area contributed by atoms with Crippen LogP contribution in [0, 0.1) is 0 Å². The summed E-state index contributed by atoms with van der Waals surface area (Å²) < 4.78 is 20.2. The second kappa shape index (κ2) is 10.0. The standard InChI is InChI=1S/C22H33BrN2O4Si/c1-8-27-20-14-17(24-18-13-16(23)15-25(5)21(18)26)9-10-19(20)28-11-12-29-30(6,7)22(2,3)4/h9-10,13-15,24H,8,11-12H2,1-7H3. The average molecular weight is 498 g/mol. The van der Waals surface area contributed by atoms with Crippen LogP contribution in [0.15, 0.2) is 39.7 Å². The van der Waals surface area contributed by atoms with Crippen LogP contribution in [0.5, 0.6) is 11.5 Å². The molecular formula is C22H33BrN2O4Si. The maximum Gasteiger partial charge on any atom is 0.274 e. The third-order valence-corrected chi connectivity index (χ3v) is 10.3. The minimum Gasteiger partial charge on any atom is -0.490 e. The van der Waals surface area contributed by atoms with E-state index in [0.717, 1.165) is 10.2 Å². The molecule has 1 aromatic heterocycles. The summed E-state index contributed by atoms with van der Waals surface area (Å²) in [6, 6.07) is 7.31. The largest absolute Gasteiger partial charge is 0.490 e. The second-order valence-electron chi connectivity index (χ2n) is 8.66. The highest BCUT2D eigenvalue weighted by atomic mass is 79.9. The fourth-order valence-electron chi connectivity index (χ4n) is 2.55. The molecule has 0 saturated carbocycles. The molecule has 0 saturated heterocycles. The van der Waals surface area contributed by atoms with Crippen molar-refractivity contribution in [3.63, 3.8) is 0 Å². The van der Waals surface area contributed by atoms with Crippen molar-refractivity contribution >= 4 is 35.6 Å². The Morgan fingerprint density at radius 1 is 1.10 bits per heavy atom. The number of aromatic nitrogens is 1. The molecule has 0 aliphatic heterocycles. The topological polar surface area (TPSA) is 61.7 Å². The molecule has 0 aliphatic rings. The number of nitrogens with one attached hydrogen (secondary N) is 1. The van der Waals surface area contributed by atoms with Crippen molar-refractivity contribution in [1.82, 2.24) is 4.57 Å². The molecule has 1 aromatic carbocycles. The number of rotatable bonds is 9. The molecule has 0 amide bonds. The normalized spacial score (nSPS) is 12.0. The third-order valence-electron chi connectivity index (χ3n) is 5.28. The number of nitrogens with zero attached hydrogens (tertiary/aromatic N) is 1. The summed E-state index contributed by atoms with van der Waals surface area (Å²) in [6.45, 7) is 14.5. The van der Waals surface area contributed by atoms with Gasteiger partial charge in [0.1, 0.15) is 12.3 Å². The molecule has 0 atom stereocenters. The fourth-order valence-corrected chi connectivity index (χ4v) is 4.12. The van der Waals surface area contributed by atoms with Gasteiger partial charge in [-0.2, -0.15) is 0 Å². The monoisotopic (exact) mass is 496 g/mol. The van der Waals surface area contributed by atoms with Crippen molar-refractivity contribution in [1.29, 1.82) is 0 Å². The van der Waals surface area contributed by atoms with Crippen LogP contribution in [0.1, 0.15) is 27.7 Å². The van der Waals surface area contributed by atoms with E-state index in [4.69, 9.17) is 13.9 Å². The summed E-state index contributed by atoms with van der Waals surface area (Å²) in [7, 11) is -0.0805. The molecule has 2 aromatic rings. The number of benzene rings is 1. The van der Waals surface area contributed by atoms with Crippen molar-refractivity contribution in [2.24, 2.45) is 7.05 Å². The lowest BCUT2D eigenvalue weighted by atomic mass is 10.2. The predicted octanol–water partition coefficient (Wildman–Crippen LogP) is 5.69. The van der Waals surface area contributed by atoms with Gasteiger partial charge in [-0.05, 0) is 59.2 Å². The highest BCUT2D eigenvalue weighted by Crippen LogP contribution is 2.36. The smallest absolute Gasteiger partial charge is 0.274 e. The van der Waals surface area contributed by atoms with E-state index in [1.54, 1.807) is 19.3 Å². The Balaban J connectivity index is 2.09. The Hall–Kier alpha value is -1.77. The number of hydrogen-bond acceptors (Lipinski definition) is 5. The van der Waals surface area contributed by atoms with Gasteiger partial charge in [0, 0.05) is 29.5 Å². The number of aryl methyl sites for hydroxylation is 1. The van der Waals surface area contributed by atoms with E-state index in [0.29, 0.717) is 37.0 Å². The predicted molar refractivity (Wildman–Crippen MR) is 129 cm³/mol. The lowest BCUT2D eigenvalue weighted by molar-refractivity contribution is 0.196. The van der Waals surface area contributed by atoms with Crippen molar-refractivity contribution in [3.8, 4) is 11.5 Å². The van der Waals surface area contributed by atoms with Crippen molar-refractivity contribution in [2.75, 3.05) is 25.1 Å². The molecule has 1 heterocycles. The highest BCUT2D eigenvalue weighted by molar-refractivity contribution is 9.10. The van der Waals surface area contributed by atoms with E-state index >= 15 is 0 Å². The number of ether oxygens (including phenoxy) is 2. The fraction of sp³-hybridized carbons (Fsp3) is 0.500. The zero-order valence-electron chi connectivity index (χ0n) is 19.0. The first-order valence-corrected chi connectivity index (χ1v) is 13.8. The Labute approximate surface area is 188 Å². The summed E-state index contributed by atoms with van der Waals surface area (Å²) in [5, 5.41) is 3.33. The van der Waals surface area contributed by atoms with Crippen molar-refractivity contribution < 1.29 is 13.9 Å². The molecule has 0 fully saturated rings. The Bertz CT molecular complexity index is 922. The molecule has 1 N–H and O–H groups in total. The minimum absolute atomic E-state index is 0.112. The third kappa shape index (κ3) is 6.36. The van der Waals surface area contributed by atoms with Crippen LogP contribution in [0.3, 0.4) is 0 Å². The molecule has 0 aliphatic carbocycles. The molecule has 0 radical (unpaired) electrons. The van der Waals surface area contributed by atoms with Gasteiger partial charge in [-0.25, -0.2) is 0 Å². The minimum atomic E-state index is -1.80. The molecule has 30 heavy (non-hydrogen) atoms. The van der Waals surface area contributed by atoms with Crippen LogP contribution < -0.4 is 20.3 Å². The van der Waals surface area contributed by atoms with Gasteiger partial charge >= 0.3 is 0 Å². The molecule has 0 unspecified atom stereocenters. The first-order valence-electron chi connectivity index (χ1n) is 10.1. The highest BCUT2D eigenvalue weighted by Gasteiger charge is 2.36. The molecule has 6 nitrogen and oxygen atoms in total. The van der Waals surface area contributed by atoms with Gasteiger partial charge in [-0.15, -0.1) is 0 Å². The van der Waals surface area contributed by atoms with Crippen molar-refractivity contribution in [2.45, 2.75) is 45.8 Å². The molecular weight excluding hydrogens is 464 g/mol. The number of anilines is 2. The molecule has 0 bridgehead atoms. The van der Waals surface area contributed by atoms with E-state index in [1.165, 1.54) is 4.57 Å². The lowest BCUT2D eigenvalue weighted by Crippen LogP contribution is -2.41. The van der Waals surface area contributed by atoms with Crippen LogP contribution in [-0.4, -0.2) is 32.7 Å². The summed E-state index contributed by atoms with van der Waals surface area (Å²) in [5.41, 5.74) is 1.11. The Morgan fingerprint density at radius 2 is 1.80 bits per heavy atom. The van der Waals surface area contributed by atoms with Gasteiger partial charge in [0.2, 0.25) is 0 Å². The Kier molecular flexibility index (Phi) is 8.18. The van der Waals surface area contributed by atoms with Crippen LogP contribution in [0.2, 0.25) is 18.1 Å². The van der Waals surface area contributed by atoms with Crippen LogP contribution >= 0.6 is 15.9 Å². The number of hydrogen-bond donors (Lipinski definition) is 1. The quantitative estimate of drug-likeness (QED) is 0.356. The molecule has 2 rings (SSSR count). The summed E-state index contributed by atoms with van der Waals surface area (Å²) in [6.07, 6.45) is 1.72. The van der Waals surface area contributed by atoms with Gasteiger partial charge in [-0.1, -0.05) is 20.8 Å². The van der Waals surface area contributed by atoms with Gasteiger partial charge in [0.15, 0.2) is 19.8 Å². The lowest BCUT2D eigenvalue weighted by Gasteiger charge is -2.36. The SMILES string of the molecule is CCOc1cc(Nc2cc(Br)cn(C)c2=O)ccc1OCCO[Si](C)(C)C(C)(C)C. The maximum absolute atomic E-state index is 12.3. The summed E-state index contributed by atoms with van der Waals surface area (Å²) >= 11 is 3.42. The van der Waals surface area contributed by atoms with Crippen molar-refractivity contribution in [3.05, 3.63) is 45.3 Å².